The van der Waals surface area contributed by atoms with Crippen LogP contribution in [0.1, 0.15) is 27.7 Å². The highest BCUT2D eigenvalue weighted by Crippen LogP contribution is 2.03. The van der Waals surface area contributed by atoms with Crippen LogP contribution in [-0.4, -0.2) is 30.7 Å². The molecule has 0 aromatic heterocycles. The van der Waals surface area contributed by atoms with Gasteiger partial charge in [0.1, 0.15) is 0 Å². The Morgan fingerprint density at radius 1 is 0.750 bits per heavy atom. The van der Waals surface area contributed by atoms with Gasteiger partial charge >= 0.3 is 0 Å². The van der Waals surface area contributed by atoms with Crippen molar-refractivity contribution < 1.29 is 28.5 Å². The molecule has 0 amide bonds. The molecule has 0 N–H and O–H groups in total. The molecule has 0 bridgehead atoms. The molecule has 0 heterocycles. The Kier molecular flexibility index (Phi) is 24.2. The lowest BCUT2D eigenvalue weighted by Gasteiger charge is -2.34. The van der Waals surface area contributed by atoms with Crippen molar-refractivity contribution in [3.8, 4) is 0 Å². The van der Waals surface area contributed by atoms with Crippen molar-refractivity contribution in [2.45, 2.75) is 27.7 Å². The Balaban J connectivity index is -0.000000107. The van der Waals surface area contributed by atoms with Gasteiger partial charge in [-0.2, -0.15) is 0 Å². The van der Waals surface area contributed by atoms with E-state index in [9.17, 15) is 0 Å². The van der Waals surface area contributed by atoms with Crippen molar-refractivity contribution in [1.82, 2.24) is 0 Å². The Hall–Kier alpha value is 1.46. The number of rotatable bonds is 4. The van der Waals surface area contributed by atoms with Gasteiger partial charge in [-0.15, -0.1) is 29.4 Å². The number of halogens is 3. The summed E-state index contributed by atoms with van der Waals surface area (Å²) in [6, 6.07) is 0. The summed E-state index contributed by atoms with van der Waals surface area (Å²) in [7, 11) is 0. The molecule has 0 saturated heterocycles. The zero-order chi connectivity index (χ0) is 7.33. The van der Waals surface area contributed by atoms with E-state index in [1.165, 1.54) is 30.7 Å². The van der Waals surface area contributed by atoms with Crippen LogP contribution in [0.5, 0.6) is 0 Å². The molecule has 80 valence electrons. The van der Waals surface area contributed by atoms with Gasteiger partial charge in [-0.05, 0) is 27.7 Å². The van der Waals surface area contributed by atoms with E-state index >= 15 is 0 Å². The Bertz CT molecular complexity index is 61.9. The second-order valence-electron chi connectivity index (χ2n) is 2.61. The van der Waals surface area contributed by atoms with E-state index < -0.39 is 0 Å². The lowest BCUT2D eigenvalue weighted by molar-refractivity contribution is -0.921. The largest absolute Gasteiger partial charge is 1.00 e. The van der Waals surface area contributed by atoms with Crippen LogP contribution in [0.2, 0.25) is 0 Å². The number of hydrogen-bond donors (Lipinski definition) is 0. The van der Waals surface area contributed by atoms with Crippen molar-refractivity contribution in [2.24, 2.45) is 0 Å². The minimum absolute atomic E-state index is 0. The summed E-state index contributed by atoms with van der Waals surface area (Å²) in [5.74, 6) is 0. The van der Waals surface area contributed by atoms with Crippen LogP contribution in [0.4, 0.5) is 0 Å². The van der Waals surface area contributed by atoms with Crippen LogP contribution in [0.3, 0.4) is 0 Å². The van der Waals surface area contributed by atoms with Crippen LogP contribution in [0.15, 0.2) is 0 Å². The van der Waals surface area contributed by atoms with Crippen molar-refractivity contribution in [3.63, 3.8) is 0 Å². The Morgan fingerprint density at radius 2 is 0.917 bits per heavy atom. The quantitative estimate of drug-likeness (QED) is 0.476. The van der Waals surface area contributed by atoms with Crippen LogP contribution >= 0.6 is 29.4 Å². The van der Waals surface area contributed by atoms with Crippen molar-refractivity contribution in [2.75, 3.05) is 26.2 Å². The summed E-state index contributed by atoms with van der Waals surface area (Å²) >= 11 is 0. The fourth-order valence-electron chi connectivity index (χ4n) is 1.34. The highest BCUT2D eigenvalue weighted by atomic mass is 127. The molecule has 0 aliphatic carbocycles. The van der Waals surface area contributed by atoms with Gasteiger partial charge in [-0.25, -0.2) is 0 Å². The van der Waals surface area contributed by atoms with Crippen molar-refractivity contribution in [1.29, 1.82) is 0 Å². The van der Waals surface area contributed by atoms with Crippen molar-refractivity contribution in [3.05, 3.63) is 0 Å². The molecule has 0 rings (SSSR count). The highest BCUT2D eigenvalue weighted by molar-refractivity contribution is 8.93. The van der Waals surface area contributed by atoms with Crippen LogP contribution < -0.4 is 24.0 Å². The van der Waals surface area contributed by atoms with Crippen LogP contribution in [0.25, 0.3) is 0 Å². The maximum absolute atomic E-state index is 2.27. The van der Waals surface area contributed by atoms with Gasteiger partial charge in [0.25, 0.3) is 0 Å². The zero-order valence-electron chi connectivity index (χ0n) is 8.47. The van der Waals surface area contributed by atoms with Gasteiger partial charge in [-0.3, -0.25) is 0 Å². The molecule has 0 atom stereocenters. The summed E-state index contributed by atoms with van der Waals surface area (Å²) in [6.07, 6.45) is 0. The van der Waals surface area contributed by atoms with E-state index in [0.717, 1.165) is 0 Å². The van der Waals surface area contributed by atoms with E-state index in [4.69, 9.17) is 0 Å². The molecule has 0 unspecified atom stereocenters. The van der Waals surface area contributed by atoms with E-state index in [1.54, 1.807) is 0 Å². The number of nitrogens with zero attached hydrogens (tertiary/aromatic N) is 1. The fourth-order valence-corrected chi connectivity index (χ4v) is 1.34. The van der Waals surface area contributed by atoms with Gasteiger partial charge in [0.2, 0.25) is 0 Å². The van der Waals surface area contributed by atoms with Gasteiger partial charge in [0.15, 0.2) is 0 Å². The molecule has 0 aliphatic rings. The molecule has 0 aromatic carbocycles. The summed E-state index contributed by atoms with van der Waals surface area (Å²) < 4.78 is 1.28. The summed E-state index contributed by atoms with van der Waals surface area (Å²) in [4.78, 5) is 0. The monoisotopic (exact) mass is 373 g/mol. The second-order valence-corrected chi connectivity index (χ2v) is 2.61. The molecule has 12 heavy (non-hydrogen) atoms. The highest BCUT2D eigenvalue weighted by Gasteiger charge is 2.16. The van der Waals surface area contributed by atoms with Gasteiger partial charge in [0, 0.05) is 0 Å². The third-order valence-corrected chi connectivity index (χ3v) is 2.68. The minimum atomic E-state index is 0. The summed E-state index contributed by atoms with van der Waals surface area (Å²) in [5, 5.41) is 0. The fraction of sp³-hybridized carbons (Fsp3) is 1.00. The smallest absolute Gasteiger partial charge is 0.0757 e. The third-order valence-electron chi connectivity index (χ3n) is 2.68. The first-order chi connectivity index (χ1) is 4.24. The van der Waals surface area contributed by atoms with Crippen molar-refractivity contribution >= 4 is 29.4 Å². The van der Waals surface area contributed by atoms with E-state index in [-0.39, 0.29) is 53.4 Å². The predicted molar refractivity (Wildman–Crippen MR) is 60.0 cm³/mol. The average Bonchev–Trinajstić information content (AvgIpc) is 1.95. The van der Waals surface area contributed by atoms with Crippen LogP contribution in [0, 0.1) is 0 Å². The maximum Gasteiger partial charge on any atom is 0.0757 e. The standard InChI is InChI=1S/C8H20N.BrH.ClH.HI/c1-5-9(6-2,7-3)8-4;;;/h5-8H2,1-4H3;3*1H/q+1;;;/p-1. The molecule has 0 saturated carbocycles. The van der Waals surface area contributed by atoms with E-state index in [1.807, 2.05) is 0 Å². The lowest BCUT2D eigenvalue weighted by atomic mass is 10.3. The predicted octanol–water partition coefficient (Wildman–Crippen LogP) is -0.114. The molecule has 1 nitrogen and oxygen atoms in total. The Labute approximate surface area is 111 Å². The molecule has 0 radical (unpaired) electrons. The Morgan fingerprint density at radius 3 is 0.917 bits per heavy atom. The molecule has 4 heteroatoms. The SMILES string of the molecule is Br.CC[N+](CC)(CC)CC.Cl.[I-]. The number of hydrogen-bond acceptors (Lipinski definition) is 0. The molecule has 0 aromatic rings. The van der Waals surface area contributed by atoms with Gasteiger partial charge < -0.3 is 28.5 Å². The van der Waals surface area contributed by atoms with E-state index in [0.29, 0.717) is 0 Å². The lowest BCUT2D eigenvalue weighted by Crippen LogP contribution is -3.00. The van der Waals surface area contributed by atoms with Gasteiger partial charge in [-0.1, -0.05) is 0 Å². The molecule has 0 fully saturated rings. The first kappa shape index (κ1) is 23.4. The average molecular weight is 375 g/mol. The zero-order valence-corrected chi connectivity index (χ0v) is 13.2. The topological polar surface area (TPSA) is 0 Å². The molecular weight excluding hydrogens is 352 g/mol. The summed E-state index contributed by atoms with van der Waals surface area (Å²) in [6.45, 7) is 14.2. The molecular formula is C8H22BrClIN. The summed E-state index contributed by atoms with van der Waals surface area (Å²) in [5.41, 5.74) is 0. The van der Waals surface area contributed by atoms with E-state index in [2.05, 4.69) is 27.7 Å². The molecule has 0 aliphatic heterocycles. The first-order valence-corrected chi connectivity index (χ1v) is 4.09. The number of quaternary nitrogens is 1. The first-order valence-electron chi connectivity index (χ1n) is 4.09. The minimum Gasteiger partial charge on any atom is -1.00 e. The third kappa shape index (κ3) is 6.92. The molecule has 0 spiro atoms. The van der Waals surface area contributed by atoms with Crippen LogP contribution in [-0.2, 0) is 0 Å². The van der Waals surface area contributed by atoms with Gasteiger partial charge in [0.05, 0.1) is 26.2 Å². The second kappa shape index (κ2) is 12.5. The maximum atomic E-state index is 2.27. The normalized spacial score (nSPS) is 9.00.